The van der Waals surface area contributed by atoms with Crippen molar-refractivity contribution in [2.24, 2.45) is 0 Å². The predicted molar refractivity (Wildman–Crippen MR) is 98.1 cm³/mol. The van der Waals surface area contributed by atoms with E-state index in [0.717, 1.165) is 5.56 Å². The van der Waals surface area contributed by atoms with Crippen molar-refractivity contribution in [3.8, 4) is 5.75 Å². The van der Waals surface area contributed by atoms with Crippen molar-refractivity contribution in [3.05, 3.63) is 83.8 Å². The van der Waals surface area contributed by atoms with Gasteiger partial charge in [0.05, 0.1) is 12.7 Å². The zero-order valence-corrected chi connectivity index (χ0v) is 14.2. The third-order valence-corrected chi connectivity index (χ3v) is 3.77. The molecule has 0 aliphatic rings. The molecule has 26 heavy (non-hydrogen) atoms. The minimum absolute atomic E-state index is 0.289. The number of carbonyl (C=O) groups is 1. The van der Waals surface area contributed by atoms with E-state index in [9.17, 15) is 9.18 Å². The summed E-state index contributed by atoms with van der Waals surface area (Å²) in [5, 5.41) is 5.83. The van der Waals surface area contributed by atoms with E-state index in [1.807, 2.05) is 24.3 Å². The van der Waals surface area contributed by atoms with Crippen molar-refractivity contribution in [1.82, 2.24) is 10.3 Å². The maximum absolute atomic E-state index is 13.4. The molecule has 2 aromatic carbocycles. The molecule has 1 heterocycles. The predicted octanol–water partition coefficient (Wildman–Crippen LogP) is 3.90. The normalized spacial score (nSPS) is 10.2. The lowest BCUT2D eigenvalue weighted by Crippen LogP contribution is -2.24. The van der Waals surface area contributed by atoms with Crippen LogP contribution in [0.2, 0.25) is 0 Å². The number of methoxy groups -OCH3 is 1. The SMILES string of the molecule is COc1ccccc1CNC(=O)c1cccnc1Nc1cccc(F)c1. The first-order valence-corrected chi connectivity index (χ1v) is 8.05. The number of para-hydroxylation sites is 1. The number of hydrogen-bond acceptors (Lipinski definition) is 4. The molecule has 2 N–H and O–H groups in total. The molecule has 0 unspecified atom stereocenters. The van der Waals surface area contributed by atoms with E-state index in [-0.39, 0.29) is 11.7 Å². The Morgan fingerprint density at radius 1 is 1.12 bits per heavy atom. The minimum Gasteiger partial charge on any atom is -0.496 e. The van der Waals surface area contributed by atoms with Gasteiger partial charge < -0.3 is 15.4 Å². The molecule has 3 rings (SSSR count). The fourth-order valence-electron chi connectivity index (χ4n) is 2.51. The molecule has 132 valence electrons. The van der Waals surface area contributed by atoms with Gasteiger partial charge in [-0.2, -0.15) is 0 Å². The number of benzene rings is 2. The summed E-state index contributed by atoms with van der Waals surface area (Å²) in [7, 11) is 1.59. The van der Waals surface area contributed by atoms with Crippen LogP contribution >= 0.6 is 0 Å². The van der Waals surface area contributed by atoms with Gasteiger partial charge in [0.2, 0.25) is 0 Å². The number of hydrogen-bond donors (Lipinski definition) is 2. The topological polar surface area (TPSA) is 63.2 Å². The van der Waals surface area contributed by atoms with E-state index in [1.54, 1.807) is 37.6 Å². The van der Waals surface area contributed by atoms with Crippen LogP contribution in [0.5, 0.6) is 5.75 Å². The largest absolute Gasteiger partial charge is 0.496 e. The van der Waals surface area contributed by atoms with Crippen molar-refractivity contribution in [2.75, 3.05) is 12.4 Å². The second-order valence-electron chi connectivity index (χ2n) is 5.53. The summed E-state index contributed by atoms with van der Waals surface area (Å²) in [6, 6.07) is 16.8. The summed E-state index contributed by atoms with van der Waals surface area (Å²) in [4.78, 5) is 16.8. The summed E-state index contributed by atoms with van der Waals surface area (Å²) in [5.41, 5.74) is 1.75. The quantitative estimate of drug-likeness (QED) is 0.707. The summed E-state index contributed by atoms with van der Waals surface area (Å²) < 4.78 is 18.6. The second kappa shape index (κ2) is 8.11. The molecule has 0 radical (unpaired) electrons. The maximum atomic E-state index is 13.4. The second-order valence-corrected chi connectivity index (χ2v) is 5.53. The van der Waals surface area contributed by atoms with Gasteiger partial charge in [-0.15, -0.1) is 0 Å². The van der Waals surface area contributed by atoms with Crippen LogP contribution in [0.3, 0.4) is 0 Å². The number of nitrogens with one attached hydrogen (secondary N) is 2. The number of anilines is 2. The van der Waals surface area contributed by atoms with Crippen LogP contribution in [0.15, 0.2) is 66.9 Å². The summed E-state index contributed by atoms with van der Waals surface area (Å²) in [5.74, 6) is 0.406. The Bertz CT molecular complexity index is 915. The monoisotopic (exact) mass is 351 g/mol. The van der Waals surface area contributed by atoms with Gasteiger partial charge in [0.1, 0.15) is 17.4 Å². The molecule has 0 saturated heterocycles. The van der Waals surface area contributed by atoms with Gasteiger partial charge in [-0.3, -0.25) is 4.79 Å². The highest BCUT2D eigenvalue weighted by atomic mass is 19.1. The van der Waals surface area contributed by atoms with Gasteiger partial charge in [-0.1, -0.05) is 24.3 Å². The standard InChI is InChI=1S/C20H18FN3O2/c1-26-18-10-3-2-6-14(18)13-23-20(25)17-9-5-11-22-19(17)24-16-8-4-7-15(21)12-16/h2-12H,13H2,1H3,(H,22,24)(H,23,25). The van der Waals surface area contributed by atoms with Crippen LogP contribution in [0.4, 0.5) is 15.9 Å². The Morgan fingerprint density at radius 3 is 2.77 bits per heavy atom. The summed E-state index contributed by atoms with van der Waals surface area (Å²) in [6.07, 6.45) is 1.57. The molecule has 0 bridgehead atoms. The molecule has 0 fully saturated rings. The summed E-state index contributed by atoms with van der Waals surface area (Å²) in [6.45, 7) is 0.317. The molecule has 1 aromatic heterocycles. The Hall–Kier alpha value is -3.41. The van der Waals surface area contributed by atoms with Crippen molar-refractivity contribution < 1.29 is 13.9 Å². The Morgan fingerprint density at radius 2 is 1.96 bits per heavy atom. The van der Waals surface area contributed by atoms with Gasteiger partial charge in [-0.05, 0) is 36.4 Å². The highest BCUT2D eigenvalue weighted by molar-refractivity contribution is 5.99. The van der Waals surface area contributed by atoms with Crippen LogP contribution in [0.1, 0.15) is 15.9 Å². The molecule has 1 amide bonds. The first-order chi connectivity index (χ1) is 12.7. The summed E-state index contributed by atoms with van der Waals surface area (Å²) >= 11 is 0. The molecule has 0 atom stereocenters. The van der Waals surface area contributed by atoms with E-state index in [1.165, 1.54) is 12.1 Å². The molecule has 5 nitrogen and oxygen atoms in total. The van der Waals surface area contributed by atoms with Gasteiger partial charge in [0.15, 0.2) is 0 Å². The third kappa shape index (κ3) is 4.16. The number of amides is 1. The lowest BCUT2D eigenvalue weighted by Gasteiger charge is -2.12. The Balaban J connectivity index is 1.75. The number of aromatic nitrogens is 1. The number of halogens is 1. The number of carbonyl (C=O) groups excluding carboxylic acids is 1. The Labute approximate surface area is 150 Å². The van der Waals surface area contributed by atoms with E-state index < -0.39 is 0 Å². The number of pyridine rings is 1. The van der Waals surface area contributed by atoms with Gasteiger partial charge in [0, 0.05) is 24.0 Å². The van der Waals surface area contributed by atoms with Gasteiger partial charge >= 0.3 is 0 Å². The lowest BCUT2D eigenvalue weighted by atomic mass is 10.2. The molecular weight excluding hydrogens is 333 g/mol. The zero-order valence-electron chi connectivity index (χ0n) is 14.2. The molecule has 0 aliphatic heterocycles. The molecule has 0 spiro atoms. The Kier molecular flexibility index (Phi) is 5.43. The highest BCUT2D eigenvalue weighted by Crippen LogP contribution is 2.20. The van der Waals surface area contributed by atoms with Crippen LogP contribution in [0.25, 0.3) is 0 Å². The molecule has 3 aromatic rings. The van der Waals surface area contributed by atoms with E-state index in [0.29, 0.717) is 29.4 Å². The fraction of sp³-hybridized carbons (Fsp3) is 0.100. The fourth-order valence-corrected chi connectivity index (χ4v) is 2.51. The van der Waals surface area contributed by atoms with Crippen LogP contribution in [0, 0.1) is 5.82 Å². The molecular formula is C20H18FN3O2. The highest BCUT2D eigenvalue weighted by Gasteiger charge is 2.13. The number of ether oxygens (including phenoxy) is 1. The molecule has 0 aliphatic carbocycles. The van der Waals surface area contributed by atoms with Crippen molar-refractivity contribution in [3.63, 3.8) is 0 Å². The van der Waals surface area contributed by atoms with Gasteiger partial charge in [0.25, 0.3) is 5.91 Å². The van der Waals surface area contributed by atoms with Crippen LogP contribution in [-0.2, 0) is 6.54 Å². The third-order valence-electron chi connectivity index (χ3n) is 3.77. The van der Waals surface area contributed by atoms with Crippen molar-refractivity contribution >= 4 is 17.4 Å². The smallest absolute Gasteiger partial charge is 0.255 e. The zero-order chi connectivity index (χ0) is 18.4. The minimum atomic E-state index is -0.367. The average molecular weight is 351 g/mol. The number of nitrogens with zero attached hydrogens (tertiary/aromatic N) is 1. The maximum Gasteiger partial charge on any atom is 0.255 e. The van der Waals surface area contributed by atoms with Crippen molar-refractivity contribution in [1.29, 1.82) is 0 Å². The average Bonchev–Trinajstić information content (AvgIpc) is 2.67. The van der Waals surface area contributed by atoms with Crippen LogP contribution < -0.4 is 15.4 Å². The number of rotatable bonds is 6. The first-order valence-electron chi connectivity index (χ1n) is 8.05. The van der Waals surface area contributed by atoms with Gasteiger partial charge in [-0.25, -0.2) is 9.37 Å². The van der Waals surface area contributed by atoms with E-state index in [2.05, 4.69) is 15.6 Å². The van der Waals surface area contributed by atoms with Crippen molar-refractivity contribution in [2.45, 2.75) is 6.54 Å². The van der Waals surface area contributed by atoms with E-state index >= 15 is 0 Å². The molecule has 0 saturated carbocycles. The molecule has 6 heteroatoms. The van der Waals surface area contributed by atoms with E-state index in [4.69, 9.17) is 4.74 Å². The van der Waals surface area contributed by atoms with Crippen LogP contribution in [-0.4, -0.2) is 18.0 Å². The first kappa shape index (κ1) is 17.4. The lowest BCUT2D eigenvalue weighted by molar-refractivity contribution is 0.0951.